The smallest absolute Gasteiger partial charge is 0.131 e. The quantitative estimate of drug-likeness (QED) is 0.827. The van der Waals surface area contributed by atoms with Gasteiger partial charge in [0.15, 0.2) is 0 Å². The minimum atomic E-state index is -0.242. The van der Waals surface area contributed by atoms with Gasteiger partial charge in [-0.15, -0.1) is 0 Å². The molecule has 0 radical (unpaired) electrons. The number of aromatic nitrogens is 2. The number of rotatable bonds is 4. The summed E-state index contributed by atoms with van der Waals surface area (Å²) in [5.74, 6) is 0.281. The molecule has 3 N–H and O–H groups in total. The molecule has 0 aliphatic rings. The van der Waals surface area contributed by atoms with Crippen molar-refractivity contribution in [2.75, 3.05) is 6.61 Å². The number of aliphatic hydroxyl groups excluding tert-OH is 1. The lowest BCUT2D eigenvalue weighted by atomic mass is 9.99. The van der Waals surface area contributed by atoms with Crippen LogP contribution in [0.15, 0.2) is 0 Å². The van der Waals surface area contributed by atoms with Crippen LogP contribution in [-0.2, 0) is 7.05 Å². The van der Waals surface area contributed by atoms with E-state index in [0.717, 1.165) is 11.3 Å². The van der Waals surface area contributed by atoms with E-state index in [1.807, 2.05) is 13.8 Å². The minimum absolute atomic E-state index is 0.0594. The molecule has 1 aromatic heterocycles. The van der Waals surface area contributed by atoms with Crippen molar-refractivity contribution in [3.8, 4) is 0 Å². The van der Waals surface area contributed by atoms with Gasteiger partial charge in [-0.25, -0.2) is 0 Å². The Balaban J connectivity index is 3.12. The van der Waals surface area contributed by atoms with Crippen LogP contribution in [0, 0.1) is 0 Å². The summed E-state index contributed by atoms with van der Waals surface area (Å²) in [4.78, 5) is 0. The lowest BCUT2D eigenvalue weighted by Gasteiger charge is -2.12. The summed E-state index contributed by atoms with van der Waals surface area (Å²) < 4.78 is 1.63. The van der Waals surface area contributed by atoms with Gasteiger partial charge in [-0.05, 0) is 12.3 Å². The Morgan fingerprint density at radius 3 is 2.60 bits per heavy atom. The molecule has 4 nitrogen and oxygen atoms in total. The molecule has 15 heavy (non-hydrogen) atoms. The summed E-state index contributed by atoms with van der Waals surface area (Å²) in [6.45, 7) is 4.16. The van der Waals surface area contributed by atoms with Gasteiger partial charge in [-0.2, -0.15) is 5.10 Å². The first-order valence-corrected chi connectivity index (χ1v) is 5.45. The van der Waals surface area contributed by atoms with Gasteiger partial charge in [0.25, 0.3) is 0 Å². The number of nitrogens with two attached hydrogens (primary N) is 1. The number of halogens is 1. The second-order valence-electron chi connectivity index (χ2n) is 3.99. The summed E-state index contributed by atoms with van der Waals surface area (Å²) in [6.07, 6.45) is 0.505. The molecule has 0 amide bonds. The van der Waals surface area contributed by atoms with Crippen LogP contribution >= 0.6 is 11.6 Å². The maximum absolute atomic E-state index is 8.87. The average molecular weight is 232 g/mol. The molecule has 1 aromatic rings. The molecule has 0 saturated carbocycles. The van der Waals surface area contributed by atoms with Gasteiger partial charge in [0, 0.05) is 25.3 Å². The molecular weight excluding hydrogens is 214 g/mol. The van der Waals surface area contributed by atoms with Crippen LogP contribution in [0.5, 0.6) is 0 Å². The number of nitrogens with zero attached hydrogens (tertiary/aromatic N) is 2. The molecule has 0 fully saturated rings. The Morgan fingerprint density at radius 2 is 2.13 bits per heavy atom. The maximum Gasteiger partial charge on any atom is 0.131 e. The van der Waals surface area contributed by atoms with Crippen molar-refractivity contribution in [2.24, 2.45) is 12.8 Å². The highest BCUT2D eigenvalue weighted by molar-refractivity contribution is 6.30. The normalized spacial score (nSPS) is 13.5. The molecule has 5 heteroatoms. The van der Waals surface area contributed by atoms with Crippen molar-refractivity contribution in [2.45, 2.75) is 32.2 Å². The summed E-state index contributed by atoms with van der Waals surface area (Å²) in [7, 11) is 1.80. The highest BCUT2D eigenvalue weighted by Gasteiger charge is 2.21. The molecule has 0 bridgehead atoms. The summed E-state index contributed by atoms with van der Waals surface area (Å²) >= 11 is 6.13. The standard InChI is InChI=1S/C10H18ClN3O/c1-6(2)9-8(7(12)4-5-15)10(11)14(3)13-9/h6-7,15H,4-5,12H2,1-3H3/t7-/m0/s1. The highest BCUT2D eigenvalue weighted by Crippen LogP contribution is 2.30. The van der Waals surface area contributed by atoms with Gasteiger partial charge in [-0.3, -0.25) is 4.68 Å². The van der Waals surface area contributed by atoms with Crippen LogP contribution in [0.25, 0.3) is 0 Å². The molecule has 0 unspecified atom stereocenters. The fraction of sp³-hybridized carbons (Fsp3) is 0.700. The van der Waals surface area contributed by atoms with Crippen LogP contribution in [0.1, 0.15) is 43.5 Å². The molecule has 1 heterocycles. The van der Waals surface area contributed by atoms with Gasteiger partial charge in [0.05, 0.1) is 5.69 Å². The molecule has 0 aromatic carbocycles. The summed E-state index contributed by atoms with van der Waals surface area (Å²) in [5, 5.41) is 13.8. The largest absolute Gasteiger partial charge is 0.396 e. The Morgan fingerprint density at radius 1 is 1.53 bits per heavy atom. The topological polar surface area (TPSA) is 64.1 Å². The van der Waals surface area contributed by atoms with Crippen molar-refractivity contribution in [1.82, 2.24) is 9.78 Å². The maximum atomic E-state index is 8.87. The third-order valence-electron chi connectivity index (χ3n) is 2.40. The van der Waals surface area contributed by atoms with Crippen LogP contribution < -0.4 is 5.73 Å². The monoisotopic (exact) mass is 231 g/mol. The van der Waals surface area contributed by atoms with E-state index >= 15 is 0 Å². The lowest BCUT2D eigenvalue weighted by molar-refractivity contribution is 0.276. The summed E-state index contributed by atoms with van der Waals surface area (Å²) in [5.41, 5.74) is 7.74. The van der Waals surface area contributed by atoms with Crippen LogP contribution in [0.2, 0.25) is 5.15 Å². The van der Waals surface area contributed by atoms with E-state index in [0.29, 0.717) is 11.6 Å². The second kappa shape index (κ2) is 4.96. The Labute approximate surface area is 95.0 Å². The van der Waals surface area contributed by atoms with E-state index in [-0.39, 0.29) is 18.6 Å². The van der Waals surface area contributed by atoms with Crippen molar-refractivity contribution in [1.29, 1.82) is 0 Å². The van der Waals surface area contributed by atoms with E-state index in [9.17, 15) is 0 Å². The van der Waals surface area contributed by atoms with Crippen LogP contribution in [0.4, 0.5) is 0 Å². The summed E-state index contributed by atoms with van der Waals surface area (Å²) in [6, 6.07) is -0.242. The first kappa shape index (κ1) is 12.5. The van der Waals surface area contributed by atoms with E-state index < -0.39 is 0 Å². The minimum Gasteiger partial charge on any atom is -0.396 e. The zero-order chi connectivity index (χ0) is 11.6. The third kappa shape index (κ3) is 2.51. The Hall–Kier alpha value is -0.580. The van der Waals surface area contributed by atoms with Gasteiger partial charge in [-0.1, -0.05) is 25.4 Å². The SMILES string of the molecule is CC(C)c1nn(C)c(Cl)c1[C@@H](N)CCO. The van der Waals surface area contributed by atoms with Crippen molar-refractivity contribution >= 4 is 11.6 Å². The molecule has 0 aliphatic carbocycles. The van der Waals surface area contributed by atoms with E-state index in [1.165, 1.54) is 0 Å². The molecule has 0 aliphatic heterocycles. The predicted molar refractivity (Wildman–Crippen MR) is 60.9 cm³/mol. The van der Waals surface area contributed by atoms with Crippen molar-refractivity contribution in [3.05, 3.63) is 16.4 Å². The highest BCUT2D eigenvalue weighted by atomic mass is 35.5. The van der Waals surface area contributed by atoms with Crippen molar-refractivity contribution in [3.63, 3.8) is 0 Å². The van der Waals surface area contributed by atoms with Crippen LogP contribution in [0.3, 0.4) is 0 Å². The second-order valence-corrected chi connectivity index (χ2v) is 4.34. The van der Waals surface area contributed by atoms with Gasteiger partial charge >= 0.3 is 0 Å². The molecule has 86 valence electrons. The van der Waals surface area contributed by atoms with E-state index in [2.05, 4.69) is 5.10 Å². The van der Waals surface area contributed by atoms with Crippen LogP contribution in [-0.4, -0.2) is 21.5 Å². The first-order valence-electron chi connectivity index (χ1n) is 5.07. The molecule has 0 saturated heterocycles. The predicted octanol–water partition coefficient (Wildman–Crippen LogP) is 1.58. The number of aliphatic hydroxyl groups is 1. The van der Waals surface area contributed by atoms with Gasteiger partial charge in [0.1, 0.15) is 5.15 Å². The molecule has 1 rings (SSSR count). The first-order chi connectivity index (χ1) is 6.99. The van der Waals surface area contributed by atoms with Crippen molar-refractivity contribution < 1.29 is 5.11 Å². The zero-order valence-corrected chi connectivity index (χ0v) is 10.1. The lowest BCUT2D eigenvalue weighted by Crippen LogP contribution is -2.14. The van der Waals surface area contributed by atoms with E-state index in [1.54, 1.807) is 11.7 Å². The molecule has 0 spiro atoms. The Bertz CT molecular complexity index is 336. The number of hydrogen-bond acceptors (Lipinski definition) is 3. The van der Waals surface area contributed by atoms with Gasteiger partial charge in [0.2, 0.25) is 0 Å². The van der Waals surface area contributed by atoms with Gasteiger partial charge < -0.3 is 10.8 Å². The Kier molecular flexibility index (Phi) is 4.13. The zero-order valence-electron chi connectivity index (χ0n) is 9.37. The fourth-order valence-electron chi connectivity index (χ4n) is 1.59. The average Bonchev–Trinajstić information content (AvgIpc) is 2.44. The third-order valence-corrected chi connectivity index (χ3v) is 2.85. The number of hydrogen-bond donors (Lipinski definition) is 2. The number of aryl methyl sites for hydroxylation is 1. The van der Waals surface area contributed by atoms with E-state index in [4.69, 9.17) is 22.4 Å². The fourth-order valence-corrected chi connectivity index (χ4v) is 1.87. The molecule has 1 atom stereocenters. The molecular formula is C10H18ClN3O.